The first-order valence-electron chi connectivity index (χ1n) is 7.19. The Labute approximate surface area is 129 Å². The van der Waals surface area contributed by atoms with Crippen LogP contribution in [-0.4, -0.2) is 17.9 Å². The number of Topliss-reactive ketones (excluding diaryl/α,β-unsaturated/α-hetero) is 1. The van der Waals surface area contributed by atoms with Crippen LogP contribution in [0.2, 0.25) is 0 Å². The maximum absolute atomic E-state index is 11.6. The van der Waals surface area contributed by atoms with Crippen molar-refractivity contribution in [1.82, 2.24) is 4.98 Å². The maximum Gasteiger partial charge on any atom is 0.134 e. The fraction of sp³-hybridized carbons (Fsp3) is 0.158. The second-order valence-corrected chi connectivity index (χ2v) is 5.29. The number of carbonyl (C=O) groups excluding carboxylic acids is 1. The molecule has 1 aromatic heterocycles. The molecule has 3 heteroatoms. The third-order valence-corrected chi connectivity index (χ3v) is 3.66. The number of methoxy groups -OCH3 is 1. The lowest BCUT2D eigenvalue weighted by atomic mass is 9.94. The largest absolute Gasteiger partial charge is 0.497 e. The minimum Gasteiger partial charge on any atom is -0.497 e. The van der Waals surface area contributed by atoms with E-state index >= 15 is 0 Å². The summed E-state index contributed by atoms with van der Waals surface area (Å²) in [6.45, 7) is 1.60. The molecule has 0 bridgehead atoms. The van der Waals surface area contributed by atoms with Gasteiger partial charge < -0.3 is 4.74 Å². The predicted octanol–water partition coefficient (Wildman–Crippen LogP) is 4.04. The molecule has 0 fully saturated rings. The molecule has 1 heterocycles. The lowest BCUT2D eigenvalue weighted by Crippen LogP contribution is -2.01. The van der Waals surface area contributed by atoms with E-state index in [0.717, 1.165) is 33.3 Å². The monoisotopic (exact) mass is 291 g/mol. The highest BCUT2D eigenvalue weighted by molar-refractivity contribution is 5.98. The average molecular weight is 291 g/mol. The van der Waals surface area contributed by atoms with E-state index in [1.165, 1.54) is 0 Å². The second-order valence-electron chi connectivity index (χ2n) is 5.29. The number of ketones is 1. The zero-order valence-corrected chi connectivity index (χ0v) is 12.7. The van der Waals surface area contributed by atoms with Crippen LogP contribution < -0.4 is 4.74 Å². The zero-order chi connectivity index (χ0) is 15.5. The Morgan fingerprint density at radius 1 is 1.14 bits per heavy atom. The van der Waals surface area contributed by atoms with Crippen molar-refractivity contribution in [2.24, 2.45) is 0 Å². The molecular formula is C19H17NO2. The Balaban J connectivity index is 2.33. The minimum absolute atomic E-state index is 0.126. The first kappa shape index (κ1) is 14.3. The number of hydrogen-bond donors (Lipinski definition) is 0. The van der Waals surface area contributed by atoms with Crippen molar-refractivity contribution in [2.45, 2.75) is 13.3 Å². The summed E-state index contributed by atoms with van der Waals surface area (Å²) in [5.41, 5.74) is 3.98. The van der Waals surface area contributed by atoms with Gasteiger partial charge in [0.15, 0.2) is 0 Å². The van der Waals surface area contributed by atoms with Crippen molar-refractivity contribution in [3.05, 3.63) is 60.3 Å². The molecule has 0 N–H and O–H groups in total. The van der Waals surface area contributed by atoms with E-state index in [2.05, 4.69) is 17.1 Å². The van der Waals surface area contributed by atoms with Gasteiger partial charge in [0.1, 0.15) is 11.5 Å². The van der Waals surface area contributed by atoms with E-state index < -0.39 is 0 Å². The molecule has 0 aliphatic rings. The molecule has 0 aliphatic heterocycles. The summed E-state index contributed by atoms with van der Waals surface area (Å²) >= 11 is 0. The van der Waals surface area contributed by atoms with Crippen LogP contribution in [0.1, 0.15) is 12.5 Å². The number of pyridine rings is 1. The molecule has 3 aromatic rings. The van der Waals surface area contributed by atoms with E-state index in [1.807, 2.05) is 36.4 Å². The van der Waals surface area contributed by atoms with Crippen LogP contribution >= 0.6 is 0 Å². The Hall–Kier alpha value is -2.68. The Bertz CT molecular complexity index is 825. The summed E-state index contributed by atoms with van der Waals surface area (Å²) in [6.07, 6.45) is 2.18. The van der Waals surface area contributed by atoms with Crippen molar-refractivity contribution < 1.29 is 9.53 Å². The number of benzene rings is 2. The van der Waals surface area contributed by atoms with Gasteiger partial charge in [0.05, 0.1) is 12.6 Å². The zero-order valence-electron chi connectivity index (χ0n) is 12.7. The van der Waals surface area contributed by atoms with E-state index in [-0.39, 0.29) is 5.78 Å². The minimum atomic E-state index is 0.126. The van der Waals surface area contributed by atoms with E-state index in [9.17, 15) is 4.79 Å². The molecule has 0 atom stereocenters. The molecule has 0 saturated carbocycles. The lowest BCUT2D eigenvalue weighted by molar-refractivity contribution is -0.116. The molecule has 0 amide bonds. The Morgan fingerprint density at radius 2 is 1.91 bits per heavy atom. The molecule has 22 heavy (non-hydrogen) atoms. The van der Waals surface area contributed by atoms with Gasteiger partial charge in [-0.2, -0.15) is 0 Å². The highest BCUT2D eigenvalue weighted by atomic mass is 16.5. The molecule has 0 spiro atoms. The predicted molar refractivity (Wildman–Crippen MR) is 88.1 cm³/mol. The van der Waals surface area contributed by atoms with Crippen LogP contribution in [0, 0.1) is 0 Å². The fourth-order valence-corrected chi connectivity index (χ4v) is 2.69. The summed E-state index contributed by atoms with van der Waals surface area (Å²) in [7, 11) is 1.65. The highest BCUT2D eigenvalue weighted by Gasteiger charge is 2.13. The van der Waals surface area contributed by atoms with Gasteiger partial charge in [-0.25, -0.2) is 0 Å². The molecule has 0 unspecified atom stereocenters. The molecule has 0 radical (unpaired) electrons. The quantitative estimate of drug-likeness (QED) is 0.728. The number of rotatable bonds is 4. The van der Waals surface area contributed by atoms with Gasteiger partial charge in [0.25, 0.3) is 0 Å². The number of hydrogen-bond acceptors (Lipinski definition) is 3. The number of nitrogens with zero attached hydrogens (tertiary/aromatic N) is 1. The van der Waals surface area contributed by atoms with Crippen molar-refractivity contribution >= 4 is 16.7 Å². The van der Waals surface area contributed by atoms with Crippen molar-refractivity contribution in [2.75, 3.05) is 7.11 Å². The summed E-state index contributed by atoms with van der Waals surface area (Å²) in [4.78, 5) is 16.1. The summed E-state index contributed by atoms with van der Waals surface area (Å²) < 4.78 is 5.34. The topological polar surface area (TPSA) is 39.2 Å². The van der Waals surface area contributed by atoms with Crippen molar-refractivity contribution in [1.29, 1.82) is 0 Å². The van der Waals surface area contributed by atoms with Gasteiger partial charge in [-0.1, -0.05) is 30.3 Å². The summed E-state index contributed by atoms with van der Waals surface area (Å²) in [5.74, 6) is 0.910. The number of ether oxygens (including phenoxy) is 1. The van der Waals surface area contributed by atoms with E-state index in [1.54, 1.807) is 20.2 Å². The molecule has 3 rings (SSSR count). The second kappa shape index (κ2) is 5.98. The average Bonchev–Trinajstić information content (AvgIpc) is 2.54. The number of aromatic nitrogens is 1. The smallest absolute Gasteiger partial charge is 0.134 e. The van der Waals surface area contributed by atoms with Gasteiger partial charge in [0, 0.05) is 18.0 Å². The van der Waals surface area contributed by atoms with Gasteiger partial charge in [-0.05, 0) is 41.8 Å². The highest BCUT2D eigenvalue weighted by Crippen LogP contribution is 2.33. The number of fused-ring (bicyclic) bond motifs is 1. The Morgan fingerprint density at radius 3 is 2.59 bits per heavy atom. The van der Waals surface area contributed by atoms with Crippen LogP contribution in [0.5, 0.6) is 5.75 Å². The molecular weight excluding hydrogens is 274 g/mol. The lowest BCUT2D eigenvalue weighted by Gasteiger charge is -2.13. The van der Waals surface area contributed by atoms with Gasteiger partial charge in [0.2, 0.25) is 0 Å². The van der Waals surface area contributed by atoms with Gasteiger partial charge >= 0.3 is 0 Å². The van der Waals surface area contributed by atoms with Crippen LogP contribution in [0.25, 0.3) is 22.0 Å². The first-order valence-corrected chi connectivity index (χ1v) is 7.19. The van der Waals surface area contributed by atoms with Crippen LogP contribution in [0.4, 0.5) is 0 Å². The number of carbonyl (C=O) groups is 1. The fourth-order valence-electron chi connectivity index (χ4n) is 2.69. The normalized spacial score (nSPS) is 10.6. The third-order valence-electron chi connectivity index (χ3n) is 3.66. The van der Waals surface area contributed by atoms with E-state index in [0.29, 0.717) is 6.42 Å². The van der Waals surface area contributed by atoms with E-state index in [4.69, 9.17) is 4.74 Å². The SMILES string of the molecule is COc1ccc2ncc(CC(C)=O)c(-c3ccccc3)c2c1. The molecule has 110 valence electrons. The van der Waals surface area contributed by atoms with Gasteiger partial charge in [-0.15, -0.1) is 0 Å². The van der Waals surface area contributed by atoms with Crippen molar-refractivity contribution in [3.8, 4) is 16.9 Å². The summed E-state index contributed by atoms with van der Waals surface area (Å²) in [5, 5.41) is 1.00. The summed E-state index contributed by atoms with van der Waals surface area (Å²) in [6, 6.07) is 15.9. The van der Waals surface area contributed by atoms with Crippen LogP contribution in [-0.2, 0) is 11.2 Å². The van der Waals surface area contributed by atoms with Crippen LogP contribution in [0.15, 0.2) is 54.7 Å². The standard InChI is InChI=1S/C19H17NO2/c1-13(21)10-15-12-20-18-9-8-16(22-2)11-17(18)19(15)14-6-4-3-5-7-14/h3-9,11-12H,10H2,1-2H3. The molecule has 2 aromatic carbocycles. The third kappa shape index (κ3) is 2.70. The first-order chi connectivity index (χ1) is 10.7. The molecule has 3 nitrogen and oxygen atoms in total. The van der Waals surface area contributed by atoms with Crippen molar-refractivity contribution in [3.63, 3.8) is 0 Å². The Kier molecular flexibility index (Phi) is 3.88. The molecule has 0 saturated heterocycles. The van der Waals surface area contributed by atoms with Gasteiger partial charge in [-0.3, -0.25) is 9.78 Å². The van der Waals surface area contributed by atoms with Crippen LogP contribution in [0.3, 0.4) is 0 Å². The molecule has 0 aliphatic carbocycles. The maximum atomic E-state index is 11.6.